The second-order valence-corrected chi connectivity index (χ2v) is 5.60. The average molecular weight is 332 g/mol. The number of ketones is 2. The van der Waals surface area contributed by atoms with E-state index in [0.717, 1.165) is 11.4 Å². The first-order valence-corrected chi connectivity index (χ1v) is 8.15. The van der Waals surface area contributed by atoms with E-state index in [1.165, 1.54) is 0 Å². The van der Waals surface area contributed by atoms with Crippen LogP contribution >= 0.6 is 0 Å². The summed E-state index contributed by atoms with van der Waals surface area (Å²) in [5.41, 5.74) is 7.80. The average Bonchev–Trinajstić information content (AvgIpc) is 3.29. The van der Waals surface area contributed by atoms with E-state index in [0.29, 0.717) is 25.7 Å². The summed E-state index contributed by atoms with van der Waals surface area (Å²) in [5, 5.41) is 0. The van der Waals surface area contributed by atoms with Crippen LogP contribution in [0.1, 0.15) is 38.1 Å². The van der Waals surface area contributed by atoms with Gasteiger partial charge in [-0.2, -0.15) is 0 Å². The van der Waals surface area contributed by atoms with Crippen LogP contribution in [-0.2, 0) is 22.4 Å². The van der Waals surface area contributed by atoms with E-state index in [4.69, 9.17) is 0 Å². The number of hydrogen-bond acceptors (Lipinski definition) is 6. The molecule has 0 fully saturated rings. The van der Waals surface area contributed by atoms with Gasteiger partial charge in [-0.3, -0.25) is 9.59 Å². The second-order valence-electron chi connectivity index (χ2n) is 5.60. The monoisotopic (exact) mass is 332 g/mol. The topological polar surface area (TPSA) is 116 Å². The molecule has 0 saturated heterocycles. The van der Waals surface area contributed by atoms with Gasteiger partial charge in [0.25, 0.3) is 0 Å². The Morgan fingerprint density at radius 3 is 1.62 bits per heavy atom. The van der Waals surface area contributed by atoms with E-state index in [1.807, 2.05) is 13.8 Å². The zero-order valence-electron chi connectivity index (χ0n) is 14.0. The van der Waals surface area contributed by atoms with Gasteiger partial charge in [0.2, 0.25) is 0 Å². The molecular weight excluding hydrogens is 308 g/mol. The van der Waals surface area contributed by atoms with Crippen molar-refractivity contribution in [3.05, 3.63) is 36.4 Å². The zero-order valence-corrected chi connectivity index (χ0v) is 14.0. The molecule has 130 valence electrons. The number of carbonyl (C=O) groups excluding carboxylic acids is 2. The highest BCUT2D eigenvalue weighted by atomic mass is 16.1. The van der Waals surface area contributed by atoms with Crippen LogP contribution in [-0.4, -0.2) is 43.6 Å². The predicted octanol–water partition coefficient (Wildman–Crippen LogP) is 0.708. The molecule has 0 aliphatic carbocycles. The second kappa shape index (κ2) is 9.09. The lowest BCUT2D eigenvalue weighted by atomic mass is 10.0. The molecule has 24 heavy (non-hydrogen) atoms. The molecule has 2 aromatic heterocycles. The van der Waals surface area contributed by atoms with Crippen molar-refractivity contribution < 1.29 is 9.59 Å². The van der Waals surface area contributed by atoms with Crippen LogP contribution in [0.15, 0.2) is 25.0 Å². The molecular formula is C16H24N6O2. The van der Waals surface area contributed by atoms with Crippen LogP contribution in [0, 0.1) is 0 Å². The number of aromatic nitrogens is 4. The number of nitrogens with one attached hydrogen (secondary N) is 4. The maximum Gasteiger partial charge on any atom is 0.151 e. The van der Waals surface area contributed by atoms with Crippen LogP contribution in [0.2, 0.25) is 0 Å². The molecule has 8 nitrogen and oxygen atoms in total. The molecule has 2 atom stereocenters. The van der Waals surface area contributed by atoms with Gasteiger partial charge in [0.15, 0.2) is 11.6 Å². The molecule has 2 heterocycles. The van der Waals surface area contributed by atoms with Gasteiger partial charge in [-0.05, 0) is 0 Å². The molecule has 2 rings (SSSR count). The first kappa shape index (κ1) is 18.0. The molecule has 8 heteroatoms. The molecule has 4 N–H and O–H groups in total. The van der Waals surface area contributed by atoms with Crippen molar-refractivity contribution in [2.24, 2.45) is 0 Å². The van der Waals surface area contributed by atoms with Crippen LogP contribution in [0.25, 0.3) is 0 Å². The summed E-state index contributed by atoms with van der Waals surface area (Å²) < 4.78 is 0. The Bertz CT molecular complexity index is 567. The van der Waals surface area contributed by atoms with Crippen molar-refractivity contribution in [3.63, 3.8) is 0 Å². The Kier molecular flexibility index (Phi) is 6.83. The Balaban J connectivity index is 2.00. The third-order valence-corrected chi connectivity index (χ3v) is 3.86. The summed E-state index contributed by atoms with van der Waals surface area (Å²) in [6.45, 7) is 3.65. The smallest absolute Gasteiger partial charge is 0.151 e. The molecule has 0 spiro atoms. The van der Waals surface area contributed by atoms with Gasteiger partial charge >= 0.3 is 0 Å². The lowest BCUT2D eigenvalue weighted by molar-refractivity contribution is -0.123. The first-order valence-electron chi connectivity index (χ1n) is 8.15. The maximum absolute atomic E-state index is 12.2. The molecule has 0 radical (unpaired) electrons. The Morgan fingerprint density at radius 2 is 1.33 bits per heavy atom. The van der Waals surface area contributed by atoms with Crippen molar-refractivity contribution in [3.8, 4) is 0 Å². The summed E-state index contributed by atoms with van der Waals surface area (Å²) >= 11 is 0. The van der Waals surface area contributed by atoms with Crippen LogP contribution in [0.4, 0.5) is 0 Å². The van der Waals surface area contributed by atoms with E-state index in [1.54, 1.807) is 25.0 Å². The van der Waals surface area contributed by atoms with Gasteiger partial charge in [-0.15, -0.1) is 0 Å². The van der Waals surface area contributed by atoms with E-state index in [2.05, 4.69) is 30.8 Å². The largest absolute Gasteiger partial charge is 0.348 e. The van der Waals surface area contributed by atoms with Crippen molar-refractivity contribution in [1.82, 2.24) is 30.8 Å². The molecule has 0 saturated carbocycles. The minimum Gasteiger partial charge on any atom is -0.348 e. The molecule has 0 aliphatic rings. The zero-order chi connectivity index (χ0) is 17.4. The van der Waals surface area contributed by atoms with Crippen LogP contribution in [0.3, 0.4) is 0 Å². The highest BCUT2D eigenvalue weighted by Crippen LogP contribution is 2.04. The van der Waals surface area contributed by atoms with E-state index in [-0.39, 0.29) is 11.6 Å². The summed E-state index contributed by atoms with van der Waals surface area (Å²) in [7, 11) is 0. The van der Waals surface area contributed by atoms with Gasteiger partial charge < -0.3 is 9.97 Å². The lowest BCUT2D eigenvalue weighted by Gasteiger charge is -2.22. The van der Waals surface area contributed by atoms with E-state index < -0.39 is 12.1 Å². The summed E-state index contributed by atoms with van der Waals surface area (Å²) in [5.74, 6) is 0.141. The van der Waals surface area contributed by atoms with E-state index in [9.17, 15) is 9.59 Å². The molecule has 0 unspecified atom stereocenters. The number of aromatic amines is 2. The number of carbonyl (C=O) groups is 2. The highest BCUT2D eigenvalue weighted by molar-refractivity contribution is 5.85. The van der Waals surface area contributed by atoms with Crippen molar-refractivity contribution in [1.29, 1.82) is 0 Å². The quantitative estimate of drug-likeness (QED) is 0.450. The number of hydrazine groups is 1. The third-order valence-electron chi connectivity index (χ3n) is 3.86. The summed E-state index contributed by atoms with van der Waals surface area (Å²) in [4.78, 5) is 38.3. The standard InChI is InChI=1S/C16H24N6O2/c1-3-15(23)13(5-11-7-17-9-19-11)21-22-14(16(24)4-2)6-12-8-18-10-20-12/h7-10,13-14,21-22H,3-6H2,1-2H3,(H,17,19)(H,18,20)/t13-,14-/m0/s1. The fourth-order valence-electron chi connectivity index (χ4n) is 2.42. The number of nitrogens with zero attached hydrogens (tertiary/aromatic N) is 2. The maximum atomic E-state index is 12.2. The Morgan fingerprint density at radius 1 is 0.917 bits per heavy atom. The first-order chi connectivity index (χ1) is 11.6. The Hall–Kier alpha value is -2.32. The van der Waals surface area contributed by atoms with Gasteiger partial charge in [-0.1, -0.05) is 13.8 Å². The fraction of sp³-hybridized carbons (Fsp3) is 0.500. The molecule has 0 aromatic carbocycles. The van der Waals surface area contributed by atoms with E-state index >= 15 is 0 Å². The molecule has 0 amide bonds. The number of rotatable bonds is 11. The van der Waals surface area contributed by atoms with Crippen molar-refractivity contribution in [2.75, 3.05) is 0 Å². The summed E-state index contributed by atoms with van der Waals surface area (Å²) in [6.07, 6.45) is 8.35. The van der Waals surface area contributed by atoms with Crippen molar-refractivity contribution >= 4 is 11.6 Å². The SMILES string of the molecule is CCC(=O)[C@H](Cc1cnc[nH]1)NN[C@@H](Cc1cnc[nH]1)C(=O)CC. The van der Waals surface area contributed by atoms with Gasteiger partial charge in [0, 0.05) is 49.5 Å². The number of hydrogen-bond donors (Lipinski definition) is 4. The fourth-order valence-corrected chi connectivity index (χ4v) is 2.42. The number of imidazole rings is 2. The number of H-pyrrole nitrogens is 2. The van der Waals surface area contributed by atoms with Gasteiger partial charge in [-0.25, -0.2) is 20.8 Å². The number of Topliss-reactive ketones (excluding diaryl/α,β-unsaturated/α-hetero) is 2. The van der Waals surface area contributed by atoms with Gasteiger partial charge in [0.1, 0.15) is 0 Å². The third kappa shape index (κ3) is 5.10. The van der Waals surface area contributed by atoms with Crippen molar-refractivity contribution in [2.45, 2.75) is 51.6 Å². The van der Waals surface area contributed by atoms with Gasteiger partial charge in [0.05, 0.1) is 24.7 Å². The minimum atomic E-state index is -0.427. The van der Waals surface area contributed by atoms with Crippen LogP contribution in [0.5, 0.6) is 0 Å². The molecule has 2 aromatic rings. The summed E-state index contributed by atoms with van der Waals surface area (Å²) in [6, 6.07) is -0.853. The Labute approximate surface area is 140 Å². The highest BCUT2D eigenvalue weighted by Gasteiger charge is 2.22. The predicted molar refractivity (Wildman–Crippen MR) is 89.0 cm³/mol. The normalized spacial score (nSPS) is 13.6. The molecule has 0 bridgehead atoms. The molecule has 0 aliphatic heterocycles. The lowest BCUT2D eigenvalue weighted by Crippen LogP contribution is -2.53. The van der Waals surface area contributed by atoms with Crippen LogP contribution < -0.4 is 10.9 Å². The minimum absolute atomic E-state index is 0.0707.